The van der Waals surface area contributed by atoms with E-state index >= 15 is 0 Å². The minimum absolute atomic E-state index is 0.0762. The second kappa shape index (κ2) is 8.35. The summed E-state index contributed by atoms with van der Waals surface area (Å²) in [6.45, 7) is 4.13. The lowest BCUT2D eigenvalue weighted by atomic mass is 10.0. The van der Waals surface area contributed by atoms with Gasteiger partial charge < -0.3 is 11.1 Å². The Morgan fingerprint density at radius 2 is 1.89 bits per heavy atom. The summed E-state index contributed by atoms with van der Waals surface area (Å²) in [7, 11) is 0. The summed E-state index contributed by atoms with van der Waals surface area (Å²) in [6.07, 6.45) is 2.61. The number of hydrogen-bond donors (Lipinski definition) is 2. The highest BCUT2D eigenvalue weighted by atomic mass is 35.5. The first kappa shape index (κ1) is 19.1. The van der Waals surface area contributed by atoms with E-state index in [1.165, 1.54) is 0 Å². The predicted octanol–water partition coefficient (Wildman–Crippen LogP) is 4.90. The monoisotopic (exact) mass is 382 g/mol. The first-order valence-electron chi connectivity index (χ1n) is 9.14. The fraction of sp³-hybridized carbons (Fsp3) is 0.286. The molecular formula is C21H23ClN4O. The van der Waals surface area contributed by atoms with Crippen molar-refractivity contribution in [1.29, 1.82) is 0 Å². The van der Waals surface area contributed by atoms with E-state index in [0.29, 0.717) is 34.2 Å². The van der Waals surface area contributed by atoms with Crippen molar-refractivity contribution < 1.29 is 4.79 Å². The molecule has 0 saturated carbocycles. The summed E-state index contributed by atoms with van der Waals surface area (Å²) >= 11 is 6.03. The first-order valence-corrected chi connectivity index (χ1v) is 9.52. The first-order chi connectivity index (χ1) is 13.0. The van der Waals surface area contributed by atoms with Crippen molar-refractivity contribution in [2.75, 3.05) is 5.32 Å². The van der Waals surface area contributed by atoms with Crippen LogP contribution in [0.3, 0.4) is 0 Å². The van der Waals surface area contributed by atoms with Gasteiger partial charge in [0.2, 0.25) is 0 Å². The fourth-order valence-corrected chi connectivity index (χ4v) is 3.26. The van der Waals surface area contributed by atoms with Gasteiger partial charge in [-0.3, -0.25) is 4.79 Å². The van der Waals surface area contributed by atoms with Gasteiger partial charge in [0.15, 0.2) is 0 Å². The van der Waals surface area contributed by atoms with Crippen molar-refractivity contribution in [2.45, 2.75) is 39.2 Å². The van der Waals surface area contributed by atoms with E-state index in [1.807, 2.05) is 37.3 Å². The van der Waals surface area contributed by atoms with Gasteiger partial charge in [0.1, 0.15) is 11.6 Å². The topological polar surface area (TPSA) is 80.9 Å². The number of aromatic nitrogens is 2. The average molecular weight is 383 g/mol. The lowest BCUT2D eigenvalue weighted by molar-refractivity contribution is 0.100. The normalized spacial score (nSPS) is 12.1. The lowest BCUT2D eigenvalue weighted by Gasteiger charge is -2.21. The van der Waals surface area contributed by atoms with Gasteiger partial charge in [-0.2, -0.15) is 0 Å². The van der Waals surface area contributed by atoms with Crippen LogP contribution in [-0.2, 0) is 6.42 Å². The zero-order valence-corrected chi connectivity index (χ0v) is 16.3. The van der Waals surface area contributed by atoms with Crippen LogP contribution in [-0.4, -0.2) is 15.9 Å². The Morgan fingerprint density at radius 1 is 1.15 bits per heavy atom. The highest BCUT2D eigenvalue weighted by Gasteiger charge is 2.17. The van der Waals surface area contributed by atoms with E-state index in [2.05, 4.69) is 22.2 Å². The molecule has 27 heavy (non-hydrogen) atoms. The van der Waals surface area contributed by atoms with E-state index in [1.54, 1.807) is 12.1 Å². The summed E-state index contributed by atoms with van der Waals surface area (Å²) in [5, 5.41) is 5.05. The average Bonchev–Trinajstić information content (AvgIpc) is 2.67. The summed E-state index contributed by atoms with van der Waals surface area (Å²) in [5.41, 5.74) is 7.68. The molecule has 140 valence electrons. The lowest BCUT2D eigenvalue weighted by Crippen LogP contribution is -2.15. The van der Waals surface area contributed by atoms with Gasteiger partial charge in [-0.05, 0) is 36.2 Å². The Bertz CT molecular complexity index is 956. The molecule has 0 fully saturated rings. The number of rotatable bonds is 7. The minimum atomic E-state index is -0.491. The Hall–Kier alpha value is -2.66. The number of fused-ring (bicyclic) bond motifs is 1. The molecule has 0 saturated heterocycles. The second-order valence-corrected chi connectivity index (χ2v) is 6.88. The number of benzene rings is 2. The van der Waals surface area contributed by atoms with E-state index in [9.17, 15) is 4.79 Å². The van der Waals surface area contributed by atoms with Crippen LogP contribution in [0.2, 0.25) is 5.02 Å². The van der Waals surface area contributed by atoms with Crippen LogP contribution in [0.5, 0.6) is 0 Å². The molecule has 0 spiro atoms. The Labute approximate surface area is 164 Å². The van der Waals surface area contributed by atoms with Gasteiger partial charge in [-0.25, -0.2) is 9.97 Å². The molecule has 5 nitrogen and oxygen atoms in total. The molecule has 0 aliphatic heterocycles. The number of carbonyl (C=O) groups is 1. The summed E-state index contributed by atoms with van der Waals surface area (Å²) < 4.78 is 0. The molecule has 1 heterocycles. The number of nitrogens with one attached hydrogen (secondary N) is 1. The number of aryl methyl sites for hydroxylation is 1. The largest absolute Gasteiger partial charge is 0.366 e. The number of hydrogen-bond acceptors (Lipinski definition) is 4. The Balaban J connectivity index is 2.09. The molecule has 0 radical (unpaired) electrons. The number of nitrogens with zero attached hydrogens (tertiary/aromatic N) is 2. The molecule has 0 bridgehead atoms. The second-order valence-electron chi connectivity index (χ2n) is 6.45. The van der Waals surface area contributed by atoms with Crippen LogP contribution in [0.15, 0.2) is 42.5 Å². The van der Waals surface area contributed by atoms with Crippen molar-refractivity contribution >= 4 is 34.2 Å². The van der Waals surface area contributed by atoms with E-state index < -0.39 is 5.91 Å². The molecule has 1 aromatic heterocycles. The van der Waals surface area contributed by atoms with Crippen molar-refractivity contribution in [3.05, 3.63) is 64.4 Å². The quantitative estimate of drug-likeness (QED) is 0.609. The molecule has 2 aromatic carbocycles. The molecule has 0 aliphatic rings. The molecule has 3 aromatic rings. The maximum Gasteiger partial charge on any atom is 0.250 e. The number of halogens is 1. The van der Waals surface area contributed by atoms with Crippen molar-refractivity contribution in [3.8, 4) is 0 Å². The van der Waals surface area contributed by atoms with E-state index in [-0.39, 0.29) is 6.04 Å². The third kappa shape index (κ3) is 4.19. The molecule has 1 atom stereocenters. The minimum Gasteiger partial charge on any atom is -0.366 e. The van der Waals surface area contributed by atoms with Gasteiger partial charge in [0.25, 0.3) is 5.91 Å². The highest BCUT2D eigenvalue weighted by Crippen LogP contribution is 2.29. The Morgan fingerprint density at radius 3 is 2.52 bits per heavy atom. The van der Waals surface area contributed by atoms with Gasteiger partial charge >= 0.3 is 0 Å². The zero-order valence-electron chi connectivity index (χ0n) is 15.5. The number of carbonyl (C=O) groups excluding carboxylic acids is 1. The standard InChI is InChI=1S/C21H23ClN4O/c1-3-6-17(13-9-11-14(22)12-10-13)24-21-16-8-5-7-15(20(23)27)19(16)25-18(4-2)26-21/h5,7-12,17H,3-4,6H2,1-2H3,(H2,23,27)(H,24,25,26)/t17-/m1/s1. The van der Waals surface area contributed by atoms with Crippen LogP contribution < -0.4 is 11.1 Å². The third-order valence-electron chi connectivity index (χ3n) is 4.52. The maximum atomic E-state index is 11.8. The molecule has 3 N–H and O–H groups in total. The number of para-hydroxylation sites is 1. The van der Waals surface area contributed by atoms with Crippen LogP contribution in [0.1, 0.15) is 54.5 Å². The van der Waals surface area contributed by atoms with Gasteiger partial charge in [0.05, 0.1) is 17.1 Å². The number of anilines is 1. The zero-order chi connectivity index (χ0) is 19.4. The SMILES string of the molecule is CCC[C@@H](Nc1nc(CC)nc2c(C(N)=O)cccc12)c1ccc(Cl)cc1. The smallest absolute Gasteiger partial charge is 0.250 e. The van der Waals surface area contributed by atoms with Crippen LogP contribution in [0.4, 0.5) is 5.82 Å². The summed E-state index contributed by atoms with van der Waals surface area (Å²) in [6, 6.07) is 13.3. The molecule has 0 aliphatic carbocycles. The number of primary amides is 1. The van der Waals surface area contributed by atoms with Crippen molar-refractivity contribution in [2.24, 2.45) is 5.73 Å². The molecule has 3 rings (SSSR count). The van der Waals surface area contributed by atoms with Crippen LogP contribution >= 0.6 is 11.6 Å². The maximum absolute atomic E-state index is 11.8. The van der Waals surface area contributed by atoms with Gasteiger partial charge in [-0.1, -0.05) is 50.1 Å². The van der Waals surface area contributed by atoms with Gasteiger partial charge in [0, 0.05) is 16.8 Å². The predicted molar refractivity (Wildman–Crippen MR) is 110 cm³/mol. The van der Waals surface area contributed by atoms with Crippen LogP contribution in [0.25, 0.3) is 10.9 Å². The van der Waals surface area contributed by atoms with Crippen LogP contribution in [0, 0.1) is 0 Å². The fourth-order valence-electron chi connectivity index (χ4n) is 3.14. The molecule has 0 unspecified atom stereocenters. The third-order valence-corrected chi connectivity index (χ3v) is 4.77. The summed E-state index contributed by atoms with van der Waals surface area (Å²) in [5.74, 6) is 0.897. The summed E-state index contributed by atoms with van der Waals surface area (Å²) in [4.78, 5) is 21.1. The van der Waals surface area contributed by atoms with Crippen molar-refractivity contribution in [3.63, 3.8) is 0 Å². The van der Waals surface area contributed by atoms with E-state index in [0.717, 1.165) is 23.8 Å². The molecule has 1 amide bonds. The van der Waals surface area contributed by atoms with Crippen molar-refractivity contribution in [1.82, 2.24) is 9.97 Å². The van der Waals surface area contributed by atoms with E-state index in [4.69, 9.17) is 17.3 Å². The number of nitrogens with two attached hydrogens (primary N) is 1. The Kier molecular flexibility index (Phi) is 5.91. The number of amides is 1. The van der Waals surface area contributed by atoms with Gasteiger partial charge in [-0.15, -0.1) is 0 Å². The molecular weight excluding hydrogens is 360 g/mol. The molecule has 6 heteroatoms. The highest BCUT2D eigenvalue weighted by molar-refractivity contribution is 6.30.